The topological polar surface area (TPSA) is 21.7 Å². The van der Waals surface area contributed by atoms with Gasteiger partial charge >= 0.3 is 0 Å². The molecule has 0 spiro atoms. The number of methoxy groups -OCH3 is 1. The molecule has 0 aromatic heterocycles. The fourth-order valence-electron chi connectivity index (χ4n) is 2.44. The Bertz CT molecular complexity index is 357. The maximum atomic E-state index is 5.73. The lowest BCUT2D eigenvalue weighted by Crippen LogP contribution is -2.44. The van der Waals surface area contributed by atoms with Crippen LogP contribution in [-0.4, -0.2) is 37.3 Å². The van der Waals surface area contributed by atoms with E-state index in [4.69, 9.17) is 9.47 Å². The quantitative estimate of drug-likeness (QED) is 0.802. The molecular formula is C14H21NO2. The van der Waals surface area contributed by atoms with Crippen molar-refractivity contribution in [3.63, 3.8) is 0 Å². The minimum Gasteiger partial charge on any atom is -0.497 e. The van der Waals surface area contributed by atoms with E-state index in [-0.39, 0.29) is 0 Å². The molecule has 0 amide bonds. The number of morpholine rings is 1. The number of hydrogen-bond acceptors (Lipinski definition) is 3. The van der Waals surface area contributed by atoms with Crippen LogP contribution in [0.4, 0.5) is 0 Å². The van der Waals surface area contributed by atoms with Gasteiger partial charge in [-0.05, 0) is 31.5 Å². The van der Waals surface area contributed by atoms with Gasteiger partial charge in [0.2, 0.25) is 0 Å². The molecule has 0 bridgehead atoms. The van der Waals surface area contributed by atoms with Gasteiger partial charge in [-0.1, -0.05) is 12.1 Å². The number of benzene rings is 1. The average Bonchev–Trinajstić information content (AvgIpc) is 2.28. The van der Waals surface area contributed by atoms with Crippen LogP contribution in [0.1, 0.15) is 19.4 Å². The Balaban J connectivity index is 1.99. The number of ether oxygens (including phenoxy) is 2. The first-order valence-electron chi connectivity index (χ1n) is 6.18. The lowest BCUT2D eigenvalue weighted by Gasteiger charge is -2.35. The largest absolute Gasteiger partial charge is 0.497 e. The van der Waals surface area contributed by atoms with E-state index in [0.29, 0.717) is 12.2 Å². The van der Waals surface area contributed by atoms with Crippen molar-refractivity contribution in [2.75, 3.05) is 20.2 Å². The zero-order chi connectivity index (χ0) is 12.3. The Morgan fingerprint density at radius 2 is 2.00 bits per heavy atom. The third-order valence-electron chi connectivity index (χ3n) is 3.04. The molecule has 0 unspecified atom stereocenters. The SMILES string of the molecule is COc1cccc(CN2C[C@@H](C)O[C@H](C)C2)c1. The third kappa shape index (κ3) is 3.45. The predicted molar refractivity (Wildman–Crippen MR) is 68.3 cm³/mol. The molecule has 2 rings (SSSR count). The van der Waals surface area contributed by atoms with Crippen LogP contribution in [0, 0.1) is 0 Å². The summed E-state index contributed by atoms with van der Waals surface area (Å²) in [6, 6.07) is 8.27. The summed E-state index contributed by atoms with van der Waals surface area (Å²) in [6.07, 6.45) is 0.647. The molecule has 17 heavy (non-hydrogen) atoms. The van der Waals surface area contributed by atoms with Crippen LogP contribution in [0.25, 0.3) is 0 Å². The second-order valence-corrected chi connectivity index (χ2v) is 4.80. The fourth-order valence-corrected chi connectivity index (χ4v) is 2.44. The average molecular weight is 235 g/mol. The molecule has 0 saturated carbocycles. The van der Waals surface area contributed by atoms with Crippen molar-refractivity contribution in [1.29, 1.82) is 0 Å². The van der Waals surface area contributed by atoms with E-state index in [1.165, 1.54) is 5.56 Å². The fraction of sp³-hybridized carbons (Fsp3) is 0.571. The number of nitrogens with zero attached hydrogens (tertiary/aromatic N) is 1. The molecule has 0 aliphatic carbocycles. The Hall–Kier alpha value is -1.06. The number of hydrogen-bond donors (Lipinski definition) is 0. The molecule has 0 radical (unpaired) electrons. The third-order valence-corrected chi connectivity index (χ3v) is 3.04. The van der Waals surface area contributed by atoms with Crippen molar-refractivity contribution in [3.8, 4) is 5.75 Å². The summed E-state index contributed by atoms with van der Waals surface area (Å²) >= 11 is 0. The zero-order valence-electron chi connectivity index (χ0n) is 10.8. The first kappa shape index (κ1) is 12.4. The highest BCUT2D eigenvalue weighted by Crippen LogP contribution is 2.17. The van der Waals surface area contributed by atoms with Crippen molar-refractivity contribution in [2.24, 2.45) is 0 Å². The summed E-state index contributed by atoms with van der Waals surface area (Å²) in [5.41, 5.74) is 1.30. The first-order valence-corrected chi connectivity index (χ1v) is 6.18. The van der Waals surface area contributed by atoms with Gasteiger partial charge in [-0.2, -0.15) is 0 Å². The molecule has 1 aliphatic rings. The first-order chi connectivity index (χ1) is 8.17. The molecule has 1 heterocycles. The summed E-state index contributed by atoms with van der Waals surface area (Å²) in [4.78, 5) is 2.44. The molecule has 94 valence electrons. The van der Waals surface area contributed by atoms with Crippen LogP contribution in [0.5, 0.6) is 5.75 Å². The van der Waals surface area contributed by atoms with Crippen LogP contribution in [0.2, 0.25) is 0 Å². The van der Waals surface area contributed by atoms with Crippen LogP contribution in [0.15, 0.2) is 24.3 Å². The second-order valence-electron chi connectivity index (χ2n) is 4.80. The molecule has 1 aliphatic heterocycles. The highest BCUT2D eigenvalue weighted by molar-refractivity contribution is 5.28. The monoisotopic (exact) mass is 235 g/mol. The van der Waals surface area contributed by atoms with E-state index in [0.717, 1.165) is 25.4 Å². The van der Waals surface area contributed by atoms with Gasteiger partial charge in [0.15, 0.2) is 0 Å². The van der Waals surface area contributed by atoms with Gasteiger partial charge in [0.05, 0.1) is 19.3 Å². The normalized spacial score (nSPS) is 25.8. The van der Waals surface area contributed by atoms with E-state index in [9.17, 15) is 0 Å². The molecule has 0 N–H and O–H groups in total. The van der Waals surface area contributed by atoms with Gasteiger partial charge < -0.3 is 9.47 Å². The molecule has 1 saturated heterocycles. The van der Waals surface area contributed by atoms with E-state index >= 15 is 0 Å². The van der Waals surface area contributed by atoms with Gasteiger partial charge in [-0.3, -0.25) is 4.90 Å². The Kier molecular flexibility index (Phi) is 4.02. The van der Waals surface area contributed by atoms with Crippen molar-refractivity contribution in [3.05, 3.63) is 29.8 Å². The maximum absolute atomic E-state index is 5.73. The molecule has 1 aromatic carbocycles. The summed E-state index contributed by atoms with van der Waals surface area (Å²) in [7, 11) is 1.71. The minimum atomic E-state index is 0.323. The molecule has 1 fully saturated rings. The molecule has 3 heteroatoms. The molecule has 3 nitrogen and oxygen atoms in total. The summed E-state index contributed by atoms with van der Waals surface area (Å²) < 4.78 is 11.0. The lowest BCUT2D eigenvalue weighted by atomic mass is 10.1. The van der Waals surface area contributed by atoms with Gasteiger partial charge in [0.25, 0.3) is 0 Å². The Morgan fingerprint density at radius 3 is 2.65 bits per heavy atom. The number of rotatable bonds is 3. The van der Waals surface area contributed by atoms with E-state index in [1.54, 1.807) is 7.11 Å². The van der Waals surface area contributed by atoms with E-state index < -0.39 is 0 Å². The van der Waals surface area contributed by atoms with Crippen molar-refractivity contribution in [2.45, 2.75) is 32.6 Å². The zero-order valence-corrected chi connectivity index (χ0v) is 10.8. The molecular weight excluding hydrogens is 214 g/mol. The van der Waals surface area contributed by atoms with Gasteiger partial charge in [0, 0.05) is 19.6 Å². The smallest absolute Gasteiger partial charge is 0.119 e. The van der Waals surface area contributed by atoms with Gasteiger partial charge in [-0.25, -0.2) is 0 Å². The Labute approximate surface area is 103 Å². The maximum Gasteiger partial charge on any atom is 0.119 e. The second kappa shape index (κ2) is 5.52. The standard InChI is InChI=1S/C14H21NO2/c1-11-8-15(9-12(2)17-11)10-13-5-4-6-14(7-13)16-3/h4-7,11-12H,8-10H2,1-3H3/t11-,12-/m1/s1. The van der Waals surface area contributed by atoms with E-state index in [2.05, 4.69) is 30.9 Å². The van der Waals surface area contributed by atoms with E-state index in [1.807, 2.05) is 12.1 Å². The van der Waals surface area contributed by atoms with Crippen molar-refractivity contribution in [1.82, 2.24) is 4.90 Å². The lowest BCUT2D eigenvalue weighted by molar-refractivity contribution is -0.0704. The molecule has 1 aromatic rings. The van der Waals surface area contributed by atoms with Crippen molar-refractivity contribution < 1.29 is 9.47 Å². The molecule has 2 atom stereocenters. The van der Waals surface area contributed by atoms with Crippen molar-refractivity contribution >= 4 is 0 Å². The van der Waals surface area contributed by atoms with Crippen LogP contribution in [-0.2, 0) is 11.3 Å². The minimum absolute atomic E-state index is 0.323. The highest BCUT2D eigenvalue weighted by atomic mass is 16.5. The van der Waals surface area contributed by atoms with Gasteiger partial charge in [-0.15, -0.1) is 0 Å². The summed E-state index contributed by atoms with van der Waals surface area (Å²) in [5, 5.41) is 0. The summed E-state index contributed by atoms with van der Waals surface area (Å²) in [6.45, 7) is 7.24. The summed E-state index contributed by atoms with van der Waals surface area (Å²) in [5.74, 6) is 0.928. The van der Waals surface area contributed by atoms with Crippen LogP contribution >= 0.6 is 0 Å². The predicted octanol–water partition coefficient (Wildman–Crippen LogP) is 2.30. The Morgan fingerprint density at radius 1 is 1.29 bits per heavy atom. The van der Waals surface area contributed by atoms with Crippen LogP contribution in [0.3, 0.4) is 0 Å². The van der Waals surface area contributed by atoms with Gasteiger partial charge in [0.1, 0.15) is 5.75 Å². The highest BCUT2D eigenvalue weighted by Gasteiger charge is 2.21. The van der Waals surface area contributed by atoms with Crippen LogP contribution < -0.4 is 4.74 Å².